The molecule has 1 N–H and O–H groups in total. The van der Waals surface area contributed by atoms with Crippen molar-refractivity contribution in [1.29, 1.82) is 0 Å². The van der Waals surface area contributed by atoms with Gasteiger partial charge in [0.05, 0.1) is 17.3 Å². The number of aromatic nitrogens is 2. The van der Waals surface area contributed by atoms with Crippen molar-refractivity contribution >= 4 is 29.0 Å². The number of carbonyl (C=O) groups excluding carboxylic acids is 1. The maximum Gasteiger partial charge on any atom is 0.269 e. The van der Waals surface area contributed by atoms with Crippen LogP contribution in [0, 0.1) is 10.1 Å². The Morgan fingerprint density at radius 1 is 1.21 bits per heavy atom. The normalized spacial score (nSPS) is 11.6. The molecule has 0 aliphatic rings. The van der Waals surface area contributed by atoms with E-state index in [1.54, 1.807) is 20.2 Å². The topological polar surface area (TPSA) is 99.3 Å². The van der Waals surface area contributed by atoms with Crippen LogP contribution in [0.1, 0.15) is 6.92 Å². The molecule has 1 unspecified atom stereocenters. The number of benzene rings is 2. The second-order valence-corrected chi connectivity index (χ2v) is 7.14. The van der Waals surface area contributed by atoms with Gasteiger partial charge in [-0.1, -0.05) is 11.8 Å². The summed E-state index contributed by atoms with van der Waals surface area (Å²) in [4.78, 5) is 27.0. The first-order chi connectivity index (χ1) is 13.5. The zero-order chi connectivity index (χ0) is 20.1. The Morgan fingerprint density at radius 3 is 2.50 bits per heavy atom. The fourth-order valence-corrected chi connectivity index (χ4v) is 3.32. The van der Waals surface area contributed by atoms with E-state index in [-0.39, 0.29) is 11.6 Å². The molecule has 0 saturated heterocycles. The van der Waals surface area contributed by atoms with Crippen LogP contribution in [0.25, 0.3) is 5.69 Å². The molecule has 1 atom stereocenters. The molecule has 1 aromatic heterocycles. The van der Waals surface area contributed by atoms with E-state index in [2.05, 4.69) is 10.3 Å². The van der Waals surface area contributed by atoms with Gasteiger partial charge in [-0.3, -0.25) is 19.5 Å². The van der Waals surface area contributed by atoms with Crippen molar-refractivity contribution in [2.45, 2.75) is 17.3 Å². The van der Waals surface area contributed by atoms with Crippen molar-refractivity contribution < 1.29 is 14.5 Å². The Morgan fingerprint density at radius 2 is 1.89 bits per heavy atom. The molecule has 1 amide bonds. The maximum atomic E-state index is 12.5. The van der Waals surface area contributed by atoms with Gasteiger partial charge in [0.25, 0.3) is 5.69 Å². The van der Waals surface area contributed by atoms with Gasteiger partial charge in [-0.25, -0.2) is 4.98 Å². The molecule has 0 spiro atoms. The number of rotatable bonds is 7. The van der Waals surface area contributed by atoms with Crippen LogP contribution in [0.2, 0.25) is 0 Å². The molecule has 0 bridgehead atoms. The number of imidazole rings is 1. The predicted octanol–water partition coefficient (Wildman–Crippen LogP) is 3.91. The van der Waals surface area contributed by atoms with Gasteiger partial charge in [0.2, 0.25) is 5.91 Å². The number of hydrogen-bond acceptors (Lipinski definition) is 6. The molecule has 9 heteroatoms. The molecule has 0 saturated carbocycles. The third-order valence-electron chi connectivity index (χ3n) is 3.95. The van der Waals surface area contributed by atoms with Gasteiger partial charge >= 0.3 is 0 Å². The van der Waals surface area contributed by atoms with Crippen LogP contribution < -0.4 is 10.1 Å². The molecule has 0 aliphatic heterocycles. The number of nitrogens with one attached hydrogen (secondary N) is 1. The van der Waals surface area contributed by atoms with Gasteiger partial charge in [-0.05, 0) is 43.3 Å². The number of non-ortho nitro benzene ring substituents is 1. The van der Waals surface area contributed by atoms with Crippen LogP contribution in [-0.2, 0) is 4.79 Å². The summed E-state index contributed by atoms with van der Waals surface area (Å²) in [6.45, 7) is 1.78. The van der Waals surface area contributed by atoms with E-state index in [4.69, 9.17) is 4.74 Å². The zero-order valence-corrected chi connectivity index (χ0v) is 16.1. The highest BCUT2D eigenvalue weighted by Gasteiger charge is 2.18. The number of amides is 1. The summed E-state index contributed by atoms with van der Waals surface area (Å²) >= 11 is 1.32. The molecule has 28 heavy (non-hydrogen) atoms. The lowest BCUT2D eigenvalue weighted by Gasteiger charge is -2.13. The monoisotopic (exact) mass is 398 g/mol. The molecule has 2 aromatic carbocycles. The minimum absolute atomic E-state index is 0.0260. The lowest BCUT2D eigenvalue weighted by atomic mass is 10.3. The van der Waals surface area contributed by atoms with E-state index in [9.17, 15) is 14.9 Å². The number of thioether (sulfide) groups is 1. The molecule has 0 fully saturated rings. The highest BCUT2D eigenvalue weighted by Crippen LogP contribution is 2.26. The molecule has 3 rings (SSSR count). The standard InChI is InChI=1S/C19H18N4O4S/c1-13(18(24)21-14-3-5-16(6-4-14)23(25)26)28-19-20-11-12-22(19)15-7-9-17(27-2)10-8-15/h3-13H,1-2H3,(H,21,24). The van der Waals surface area contributed by atoms with Crippen LogP contribution >= 0.6 is 11.8 Å². The molecule has 3 aromatic rings. The Hall–Kier alpha value is -3.33. The maximum absolute atomic E-state index is 12.5. The number of nitro benzene ring substituents is 1. The molecular weight excluding hydrogens is 380 g/mol. The average Bonchev–Trinajstić information content (AvgIpc) is 3.16. The van der Waals surface area contributed by atoms with Crippen molar-refractivity contribution in [1.82, 2.24) is 9.55 Å². The Kier molecular flexibility index (Phi) is 5.95. The SMILES string of the molecule is COc1ccc(-n2ccnc2SC(C)C(=O)Nc2ccc([N+](=O)[O-])cc2)cc1. The molecular formula is C19H18N4O4S. The summed E-state index contributed by atoms with van der Waals surface area (Å²) in [5.41, 5.74) is 1.38. The number of nitro groups is 1. The van der Waals surface area contributed by atoms with E-state index >= 15 is 0 Å². The van der Waals surface area contributed by atoms with Gasteiger partial charge < -0.3 is 10.1 Å². The number of ether oxygens (including phenoxy) is 1. The second kappa shape index (κ2) is 8.57. The summed E-state index contributed by atoms with van der Waals surface area (Å²) in [7, 11) is 1.61. The number of anilines is 1. The Labute approximate surface area is 165 Å². The van der Waals surface area contributed by atoms with Gasteiger partial charge in [0.15, 0.2) is 5.16 Å². The summed E-state index contributed by atoms with van der Waals surface area (Å²) in [5, 5.41) is 13.7. The van der Waals surface area contributed by atoms with Crippen LogP contribution in [-0.4, -0.2) is 32.7 Å². The number of nitrogens with zero attached hydrogens (tertiary/aromatic N) is 3. The first-order valence-corrected chi connectivity index (χ1v) is 9.25. The molecule has 0 aliphatic carbocycles. The van der Waals surface area contributed by atoms with Crippen molar-refractivity contribution in [2.24, 2.45) is 0 Å². The fraction of sp³-hybridized carbons (Fsp3) is 0.158. The number of carbonyl (C=O) groups is 1. The van der Waals surface area contributed by atoms with Crippen molar-refractivity contribution in [3.63, 3.8) is 0 Å². The van der Waals surface area contributed by atoms with Crippen molar-refractivity contribution in [3.8, 4) is 11.4 Å². The molecule has 144 valence electrons. The van der Waals surface area contributed by atoms with E-state index < -0.39 is 10.2 Å². The smallest absolute Gasteiger partial charge is 0.269 e. The quantitative estimate of drug-likeness (QED) is 0.368. The van der Waals surface area contributed by atoms with Gasteiger partial charge in [0, 0.05) is 35.9 Å². The summed E-state index contributed by atoms with van der Waals surface area (Å²) < 4.78 is 7.06. The van der Waals surface area contributed by atoms with E-state index in [1.165, 1.54) is 36.0 Å². The van der Waals surface area contributed by atoms with Gasteiger partial charge in [-0.2, -0.15) is 0 Å². The molecule has 0 radical (unpaired) electrons. The van der Waals surface area contributed by atoms with Gasteiger partial charge in [0.1, 0.15) is 5.75 Å². The Balaban J connectivity index is 1.67. The Bertz CT molecular complexity index is 970. The van der Waals surface area contributed by atoms with Crippen LogP contribution in [0.5, 0.6) is 5.75 Å². The zero-order valence-electron chi connectivity index (χ0n) is 15.2. The average molecular weight is 398 g/mol. The lowest BCUT2D eigenvalue weighted by Crippen LogP contribution is -2.22. The fourth-order valence-electron chi connectivity index (χ4n) is 2.44. The number of hydrogen-bond donors (Lipinski definition) is 1. The summed E-state index contributed by atoms with van der Waals surface area (Å²) in [6, 6.07) is 13.2. The highest BCUT2D eigenvalue weighted by atomic mass is 32.2. The minimum atomic E-state index is -0.483. The largest absolute Gasteiger partial charge is 0.497 e. The van der Waals surface area contributed by atoms with E-state index in [1.807, 2.05) is 35.0 Å². The van der Waals surface area contributed by atoms with Crippen molar-refractivity contribution in [3.05, 3.63) is 71.0 Å². The predicted molar refractivity (Wildman–Crippen MR) is 107 cm³/mol. The third-order valence-corrected chi connectivity index (χ3v) is 5.04. The van der Waals surface area contributed by atoms with E-state index in [0.29, 0.717) is 10.8 Å². The summed E-state index contributed by atoms with van der Waals surface area (Å²) in [5.74, 6) is 0.539. The van der Waals surface area contributed by atoms with Crippen molar-refractivity contribution in [2.75, 3.05) is 12.4 Å². The van der Waals surface area contributed by atoms with Crippen LogP contribution in [0.3, 0.4) is 0 Å². The van der Waals surface area contributed by atoms with Crippen LogP contribution in [0.4, 0.5) is 11.4 Å². The minimum Gasteiger partial charge on any atom is -0.497 e. The van der Waals surface area contributed by atoms with Gasteiger partial charge in [-0.15, -0.1) is 0 Å². The summed E-state index contributed by atoms with van der Waals surface area (Å²) in [6.07, 6.45) is 3.50. The highest BCUT2D eigenvalue weighted by molar-refractivity contribution is 8.00. The third kappa shape index (κ3) is 4.49. The first kappa shape index (κ1) is 19.4. The van der Waals surface area contributed by atoms with E-state index in [0.717, 1.165) is 11.4 Å². The molecule has 1 heterocycles. The van der Waals surface area contributed by atoms with Crippen LogP contribution in [0.15, 0.2) is 66.1 Å². The second-order valence-electron chi connectivity index (χ2n) is 5.83. The molecule has 8 nitrogen and oxygen atoms in total. The lowest BCUT2D eigenvalue weighted by molar-refractivity contribution is -0.384. The number of methoxy groups -OCH3 is 1. The first-order valence-electron chi connectivity index (χ1n) is 8.37.